The molecule has 218 valence electrons. The van der Waals surface area contributed by atoms with E-state index in [1.807, 2.05) is 0 Å². The number of esters is 1. The van der Waals surface area contributed by atoms with Gasteiger partial charge >= 0.3 is 5.97 Å². The number of nitrogens with one attached hydrogen (secondary N) is 2. The van der Waals surface area contributed by atoms with Crippen molar-refractivity contribution in [3.05, 3.63) is 82.7 Å². The normalized spacial score (nSPS) is 16.5. The second-order valence-electron chi connectivity index (χ2n) is 9.14. The van der Waals surface area contributed by atoms with Crippen LogP contribution >= 0.6 is 12.4 Å². The van der Waals surface area contributed by atoms with Gasteiger partial charge < -0.3 is 35.1 Å². The summed E-state index contributed by atoms with van der Waals surface area (Å²) in [5.74, 6) is -3.52. The molecule has 41 heavy (non-hydrogen) atoms. The fourth-order valence-electron chi connectivity index (χ4n) is 4.40. The Labute approximate surface area is 241 Å². The van der Waals surface area contributed by atoms with E-state index in [1.54, 1.807) is 0 Å². The van der Waals surface area contributed by atoms with Crippen LogP contribution in [0.1, 0.15) is 49.5 Å². The number of carbonyl (C=O) groups is 3. The van der Waals surface area contributed by atoms with Crippen molar-refractivity contribution in [2.24, 2.45) is 0 Å². The van der Waals surface area contributed by atoms with E-state index in [4.69, 9.17) is 14.2 Å². The lowest BCUT2D eigenvalue weighted by Crippen LogP contribution is -2.49. The van der Waals surface area contributed by atoms with Gasteiger partial charge in [0.15, 0.2) is 28.8 Å². The number of hydrogen-bond donors (Lipinski definition) is 4. The van der Waals surface area contributed by atoms with E-state index in [9.17, 15) is 29.0 Å². The van der Waals surface area contributed by atoms with Crippen molar-refractivity contribution in [2.45, 2.75) is 25.0 Å². The highest BCUT2D eigenvalue weighted by atomic mass is 35.5. The number of rotatable bonds is 8. The smallest absolute Gasteiger partial charge is 0.338 e. The highest BCUT2D eigenvalue weighted by Gasteiger charge is 2.30. The first kappa shape index (κ1) is 31.2. The molecule has 0 spiro atoms. The zero-order valence-electron chi connectivity index (χ0n) is 22.3. The molecule has 12 heteroatoms. The van der Waals surface area contributed by atoms with Gasteiger partial charge in [-0.25, -0.2) is 9.18 Å². The van der Waals surface area contributed by atoms with Crippen LogP contribution in [0.4, 0.5) is 4.39 Å². The van der Waals surface area contributed by atoms with E-state index < -0.39 is 46.9 Å². The largest absolute Gasteiger partial charge is 0.507 e. The predicted octanol–water partition coefficient (Wildman–Crippen LogP) is 3.61. The Hall–Kier alpha value is -4.35. The number of phenols is 2. The van der Waals surface area contributed by atoms with Gasteiger partial charge in [0, 0.05) is 17.7 Å². The molecule has 0 radical (unpaired) electrons. The standard InChI is InChI=1S/C29H29FN2O8.ClH/c1-38-23-12-11-21(34)25(26(23)30)27(35)16-5-7-17(8-6-16)29(37)40-22-4-3-13-31-15-19(22)32-28(36)18-9-10-20(33)24(14-18)39-2;/h5-12,14,19,22,31,33-34H,3-4,13,15H2,1-2H3,(H,32,36);1H/t19-,22-;/m1./s1. The van der Waals surface area contributed by atoms with Gasteiger partial charge in [-0.05, 0) is 61.9 Å². The predicted molar refractivity (Wildman–Crippen MR) is 149 cm³/mol. The van der Waals surface area contributed by atoms with Crippen molar-refractivity contribution in [1.82, 2.24) is 10.6 Å². The van der Waals surface area contributed by atoms with Crippen LogP contribution in [0.3, 0.4) is 0 Å². The fourth-order valence-corrected chi connectivity index (χ4v) is 4.40. The highest BCUT2D eigenvalue weighted by molar-refractivity contribution is 6.11. The minimum absolute atomic E-state index is 0. The third-order valence-electron chi connectivity index (χ3n) is 6.59. The summed E-state index contributed by atoms with van der Waals surface area (Å²) in [5.41, 5.74) is -0.0715. The summed E-state index contributed by atoms with van der Waals surface area (Å²) in [4.78, 5) is 38.8. The molecule has 1 aliphatic heterocycles. The van der Waals surface area contributed by atoms with Gasteiger partial charge in [-0.3, -0.25) is 9.59 Å². The van der Waals surface area contributed by atoms with Gasteiger partial charge in [-0.15, -0.1) is 12.4 Å². The number of halogens is 2. The average molecular weight is 589 g/mol. The lowest BCUT2D eigenvalue weighted by molar-refractivity contribution is 0.0192. The van der Waals surface area contributed by atoms with Gasteiger partial charge in [0.05, 0.1) is 25.8 Å². The molecule has 0 aromatic heterocycles. The van der Waals surface area contributed by atoms with Crippen LogP contribution < -0.4 is 20.1 Å². The number of carbonyl (C=O) groups excluding carboxylic acids is 3. The van der Waals surface area contributed by atoms with Gasteiger partial charge in [-0.2, -0.15) is 0 Å². The van der Waals surface area contributed by atoms with Crippen molar-refractivity contribution in [2.75, 3.05) is 27.3 Å². The average Bonchev–Trinajstić information content (AvgIpc) is 3.18. The zero-order valence-corrected chi connectivity index (χ0v) is 23.1. The van der Waals surface area contributed by atoms with Crippen LogP contribution in [0.15, 0.2) is 54.6 Å². The summed E-state index contributed by atoms with van der Waals surface area (Å²) >= 11 is 0. The summed E-state index contributed by atoms with van der Waals surface area (Å²) in [6, 6.07) is 11.5. The van der Waals surface area contributed by atoms with Crippen LogP contribution in [0, 0.1) is 5.82 Å². The Morgan fingerprint density at radius 2 is 1.54 bits per heavy atom. The van der Waals surface area contributed by atoms with E-state index in [-0.39, 0.29) is 46.3 Å². The summed E-state index contributed by atoms with van der Waals surface area (Å²) in [5, 5.41) is 25.9. The quantitative estimate of drug-likeness (QED) is 0.229. The number of aromatic hydroxyl groups is 2. The molecule has 2 atom stereocenters. The molecule has 4 N–H and O–H groups in total. The molecular weight excluding hydrogens is 559 g/mol. The van der Waals surface area contributed by atoms with Crippen molar-refractivity contribution >= 4 is 30.1 Å². The van der Waals surface area contributed by atoms with Gasteiger partial charge in [-0.1, -0.05) is 12.1 Å². The van der Waals surface area contributed by atoms with Crippen LogP contribution in [-0.4, -0.2) is 67.3 Å². The van der Waals surface area contributed by atoms with Crippen molar-refractivity contribution in [3.8, 4) is 23.0 Å². The summed E-state index contributed by atoms with van der Waals surface area (Å²) in [6.45, 7) is 1.04. The summed E-state index contributed by atoms with van der Waals surface area (Å²) in [6.07, 6.45) is 0.558. The Morgan fingerprint density at radius 1 is 0.902 bits per heavy atom. The Balaban J connectivity index is 0.00000462. The third-order valence-corrected chi connectivity index (χ3v) is 6.59. The number of phenolic OH excluding ortho intramolecular Hbond substituents is 2. The second-order valence-corrected chi connectivity index (χ2v) is 9.14. The molecule has 1 amide bonds. The summed E-state index contributed by atoms with van der Waals surface area (Å²) in [7, 11) is 2.62. The number of ether oxygens (including phenoxy) is 3. The number of benzene rings is 3. The van der Waals surface area contributed by atoms with E-state index in [0.29, 0.717) is 25.9 Å². The first-order chi connectivity index (χ1) is 19.2. The van der Waals surface area contributed by atoms with E-state index in [1.165, 1.54) is 62.8 Å². The first-order valence-electron chi connectivity index (χ1n) is 12.5. The SMILES string of the molecule is COc1cc(C(=O)N[C@@H]2CNCCC[C@H]2OC(=O)c2ccc(C(=O)c3c(O)ccc(OC)c3F)cc2)ccc1O.Cl. The third kappa shape index (κ3) is 7.05. The molecule has 3 aromatic carbocycles. The van der Waals surface area contributed by atoms with E-state index in [0.717, 1.165) is 6.07 Å². The van der Waals surface area contributed by atoms with Crippen LogP contribution in [0.2, 0.25) is 0 Å². The van der Waals surface area contributed by atoms with Crippen LogP contribution in [0.5, 0.6) is 23.0 Å². The molecule has 4 rings (SSSR count). The number of amides is 1. The highest BCUT2D eigenvalue weighted by Crippen LogP contribution is 2.30. The fraction of sp³-hybridized carbons (Fsp3) is 0.276. The molecule has 1 saturated heterocycles. The Morgan fingerprint density at radius 3 is 2.22 bits per heavy atom. The molecule has 1 aliphatic rings. The van der Waals surface area contributed by atoms with Gasteiger partial charge in [0.1, 0.15) is 17.4 Å². The maximum atomic E-state index is 14.6. The first-order valence-corrected chi connectivity index (χ1v) is 12.5. The number of methoxy groups -OCH3 is 2. The minimum atomic E-state index is -0.989. The molecule has 0 unspecified atom stereocenters. The molecule has 0 saturated carbocycles. The van der Waals surface area contributed by atoms with E-state index >= 15 is 0 Å². The Bertz CT molecular complexity index is 1420. The Kier molecular flexibility index (Phi) is 10.5. The van der Waals surface area contributed by atoms with Crippen molar-refractivity contribution in [3.63, 3.8) is 0 Å². The molecule has 1 heterocycles. The van der Waals surface area contributed by atoms with E-state index in [2.05, 4.69) is 10.6 Å². The molecule has 10 nitrogen and oxygen atoms in total. The molecule has 0 aliphatic carbocycles. The molecular formula is C29H30ClFN2O8. The number of ketones is 1. The maximum Gasteiger partial charge on any atom is 0.338 e. The second kappa shape index (κ2) is 13.8. The van der Waals surface area contributed by atoms with Crippen LogP contribution in [0.25, 0.3) is 0 Å². The van der Waals surface area contributed by atoms with Crippen molar-refractivity contribution < 1.29 is 43.2 Å². The lowest BCUT2D eigenvalue weighted by atomic mass is 10.00. The van der Waals surface area contributed by atoms with Gasteiger partial charge in [0.2, 0.25) is 0 Å². The molecule has 1 fully saturated rings. The maximum absolute atomic E-state index is 14.6. The lowest BCUT2D eigenvalue weighted by Gasteiger charge is -2.26. The van der Waals surface area contributed by atoms with Gasteiger partial charge in [0.25, 0.3) is 5.91 Å². The van der Waals surface area contributed by atoms with Crippen molar-refractivity contribution in [1.29, 1.82) is 0 Å². The topological polar surface area (TPSA) is 143 Å². The molecule has 0 bridgehead atoms. The zero-order chi connectivity index (χ0) is 28.8. The minimum Gasteiger partial charge on any atom is -0.507 e. The molecule has 3 aromatic rings. The monoisotopic (exact) mass is 588 g/mol. The van der Waals surface area contributed by atoms with Crippen LogP contribution in [-0.2, 0) is 4.74 Å². The number of hydrogen-bond acceptors (Lipinski definition) is 9. The summed E-state index contributed by atoms with van der Waals surface area (Å²) < 4.78 is 30.3.